The maximum absolute atomic E-state index is 11.1. The van der Waals surface area contributed by atoms with Crippen LogP contribution in [0.2, 0.25) is 0 Å². The van der Waals surface area contributed by atoms with E-state index >= 15 is 0 Å². The second kappa shape index (κ2) is 3.49. The van der Waals surface area contributed by atoms with E-state index in [-0.39, 0.29) is 12.3 Å². The summed E-state index contributed by atoms with van der Waals surface area (Å²) in [7, 11) is 0. The van der Waals surface area contributed by atoms with E-state index in [2.05, 4.69) is 10.2 Å². The van der Waals surface area contributed by atoms with Gasteiger partial charge in [0.05, 0.1) is 6.54 Å². The van der Waals surface area contributed by atoms with E-state index in [0.717, 1.165) is 4.57 Å². The maximum Gasteiger partial charge on any atom is 0.344 e. The van der Waals surface area contributed by atoms with Gasteiger partial charge in [0, 0.05) is 0 Å². The summed E-state index contributed by atoms with van der Waals surface area (Å²) >= 11 is 0. The lowest BCUT2D eigenvalue weighted by molar-refractivity contribution is 0.474. The molecule has 0 amide bonds. The Morgan fingerprint density at radius 3 is 2.47 bits per heavy atom. The monoisotopic (exact) mass is 207 g/mol. The molecule has 0 aliphatic carbocycles. The number of H-pyrrole nitrogens is 2. The Hall–Kier alpha value is -2.24. The van der Waals surface area contributed by atoms with Crippen LogP contribution in [-0.2, 0) is 6.54 Å². The predicted octanol–water partition coefficient (Wildman–Crippen LogP) is -0.381. The van der Waals surface area contributed by atoms with Crippen LogP contribution >= 0.6 is 0 Å². The maximum atomic E-state index is 11.1. The van der Waals surface area contributed by atoms with Crippen LogP contribution in [0.3, 0.4) is 0 Å². The fourth-order valence-electron chi connectivity index (χ4n) is 1.32. The minimum atomic E-state index is -0.497. The van der Waals surface area contributed by atoms with Gasteiger partial charge in [0.15, 0.2) is 0 Å². The van der Waals surface area contributed by atoms with Gasteiger partial charge in [-0.2, -0.15) is 0 Å². The van der Waals surface area contributed by atoms with E-state index in [1.807, 2.05) is 0 Å². The molecule has 0 aliphatic rings. The number of aromatic nitrogens is 3. The van der Waals surface area contributed by atoms with Crippen LogP contribution in [0.1, 0.15) is 5.56 Å². The quantitative estimate of drug-likeness (QED) is 0.626. The minimum absolute atomic E-state index is 0.104. The SMILES string of the molecule is O=c1[nH][nH]c(=O)n1Cc1cccc(O)c1. The molecule has 0 radical (unpaired) electrons. The highest BCUT2D eigenvalue weighted by Gasteiger charge is 2.03. The number of phenolic OH excluding ortho intramolecular Hbond substituents is 1. The lowest BCUT2D eigenvalue weighted by Crippen LogP contribution is -2.26. The molecule has 0 unspecified atom stereocenters. The third-order valence-corrected chi connectivity index (χ3v) is 2.02. The Kier molecular flexibility index (Phi) is 2.17. The van der Waals surface area contributed by atoms with Gasteiger partial charge < -0.3 is 5.11 Å². The Labute approximate surface area is 83.8 Å². The molecule has 0 atom stereocenters. The lowest BCUT2D eigenvalue weighted by atomic mass is 10.2. The molecule has 78 valence electrons. The number of hydrogen-bond donors (Lipinski definition) is 3. The Bertz CT molecular complexity index is 551. The molecule has 3 N–H and O–H groups in total. The molecule has 1 aromatic carbocycles. The van der Waals surface area contributed by atoms with Gasteiger partial charge in [0.2, 0.25) is 0 Å². The lowest BCUT2D eigenvalue weighted by Gasteiger charge is -2.00. The van der Waals surface area contributed by atoms with Crippen molar-refractivity contribution in [1.29, 1.82) is 0 Å². The number of nitrogens with one attached hydrogen (secondary N) is 2. The highest BCUT2D eigenvalue weighted by molar-refractivity contribution is 5.27. The molecule has 1 heterocycles. The van der Waals surface area contributed by atoms with Crippen LogP contribution in [0.5, 0.6) is 5.75 Å². The molecule has 0 saturated carbocycles. The van der Waals surface area contributed by atoms with Crippen LogP contribution in [0.25, 0.3) is 0 Å². The van der Waals surface area contributed by atoms with Gasteiger partial charge in [0.25, 0.3) is 0 Å². The number of nitrogens with zero attached hydrogens (tertiary/aromatic N) is 1. The van der Waals surface area contributed by atoms with E-state index in [1.54, 1.807) is 12.1 Å². The third kappa shape index (κ3) is 1.83. The van der Waals surface area contributed by atoms with Crippen molar-refractivity contribution in [2.24, 2.45) is 0 Å². The summed E-state index contributed by atoms with van der Waals surface area (Å²) in [4.78, 5) is 22.3. The van der Waals surface area contributed by atoms with Crippen LogP contribution in [-0.4, -0.2) is 19.9 Å². The molecule has 0 saturated heterocycles. The first-order valence-corrected chi connectivity index (χ1v) is 4.32. The van der Waals surface area contributed by atoms with Gasteiger partial charge in [-0.1, -0.05) is 12.1 Å². The summed E-state index contributed by atoms with van der Waals surface area (Å²) in [5, 5.41) is 13.6. The van der Waals surface area contributed by atoms with Crippen LogP contribution < -0.4 is 11.4 Å². The molecule has 2 rings (SSSR count). The zero-order chi connectivity index (χ0) is 10.8. The van der Waals surface area contributed by atoms with Gasteiger partial charge in [-0.25, -0.2) is 24.4 Å². The van der Waals surface area contributed by atoms with Crippen molar-refractivity contribution in [2.75, 3.05) is 0 Å². The van der Waals surface area contributed by atoms with Gasteiger partial charge >= 0.3 is 11.4 Å². The van der Waals surface area contributed by atoms with E-state index in [9.17, 15) is 14.7 Å². The standard InChI is InChI=1S/C9H9N3O3/c13-7-3-1-2-6(4-7)5-12-8(14)10-11-9(12)15/h1-4,13H,5H2,(H,10,14)(H,11,15). The normalized spacial score (nSPS) is 10.4. The molecule has 1 aromatic heterocycles. The molecule has 15 heavy (non-hydrogen) atoms. The molecule has 6 nitrogen and oxygen atoms in total. The van der Waals surface area contributed by atoms with Gasteiger partial charge in [-0.05, 0) is 17.7 Å². The van der Waals surface area contributed by atoms with Crippen LogP contribution in [0, 0.1) is 0 Å². The number of aromatic amines is 2. The third-order valence-electron chi connectivity index (χ3n) is 2.02. The van der Waals surface area contributed by atoms with Crippen molar-refractivity contribution < 1.29 is 5.11 Å². The second-order valence-corrected chi connectivity index (χ2v) is 3.12. The summed E-state index contributed by atoms with van der Waals surface area (Å²) in [6.07, 6.45) is 0. The average Bonchev–Trinajstić information content (AvgIpc) is 2.50. The van der Waals surface area contributed by atoms with Crippen molar-refractivity contribution in [3.63, 3.8) is 0 Å². The van der Waals surface area contributed by atoms with Crippen LogP contribution in [0.4, 0.5) is 0 Å². The molecule has 0 spiro atoms. The largest absolute Gasteiger partial charge is 0.508 e. The molecule has 6 heteroatoms. The van der Waals surface area contributed by atoms with Crippen molar-refractivity contribution in [3.8, 4) is 5.75 Å². The number of hydrogen-bond acceptors (Lipinski definition) is 3. The van der Waals surface area contributed by atoms with E-state index in [4.69, 9.17) is 0 Å². The fourth-order valence-corrected chi connectivity index (χ4v) is 1.32. The highest BCUT2D eigenvalue weighted by atomic mass is 16.3. The van der Waals surface area contributed by atoms with Crippen LogP contribution in [0.15, 0.2) is 33.9 Å². The van der Waals surface area contributed by atoms with E-state index < -0.39 is 11.4 Å². The number of phenols is 1. The van der Waals surface area contributed by atoms with Gasteiger partial charge in [-0.15, -0.1) is 0 Å². The topological polar surface area (TPSA) is 90.9 Å². The summed E-state index contributed by atoms with van der Waals surface area (Å²) in [6, 6.07) is 6.39. The van der Waals surface area contributed by atoms with Crippen molar-refractivity contribution in [2.45, 2.75) is 6.54 Å². The first-order chi connectivity index (χ1) is 7.16. The van der Waals surface area contributed by atoms with E-state index in [1.165, 1.54) is 12.1 Å². The van der Waals surface area contributed by atoms with Crippen molar-refractivity contribution in [3.05, 3.63) is 50.8 Å². The number of benzene rings is 1. The summed E-state index contributed by atoms with van der Waals surface area (Å²) in [5.41, 5.74) is -0.311. The Balaban J connectivity index is 2.38. The Morgan fingerprint density at radius 2 is 1.87 bits per heavy atom. The predicted molar refractivity (Wildman–Crippen MR) is 52.9 cm³/mol. The summed E-state index contributed by atoms with van der Waals surface area (Å²) in [6.45, 7) is 0.131. The van der Waals surface area contributed by atoms with E-state index in [0.29, 0.717) is 5.56 Å². The molecule has 0 aliphatic heterocycles. The molecule has 0 fully saturated rings. The summed E-state index contributed by atoms with van der Waals surface area (Å²) in [5.74, 6) is 0.104. The molecule has 0 bridgehead atoms. The summed E-state index contributed by atoms with van der Waals surface area (Å²) < 4.78 is 1.01. The first-order valence-electron chi connectivity index (χ1n) is 4.32. The fraction of sp³-hybridized carbons (Fsp3) is 0.111. The zero-order valence-electron chi connectivity index (χ0n) is 7.73. The molecular formula is C9H9N3O3. The number of aromatic hydroxyl groups is 1. The highest BCUT2D eigenvalue weighted by Crippen LogP contribution is 2.10. The molecule has 2 aromatic rings. The Morgan fingerprint density at radius 1 is 1.20 bits per heavy atom. The second-order valence-electron chi connectivity index (χ2n) is 3.12. The smallest absolute Gasteiger partial charge is 0.344 e. The molecular weight excluding hydrogens is 198 g/mol. The van der Waals surface area contributed by atoms with Gasteiger partial charge in [0.1, 0.15) is 5.75 Å². The van der Waals surface area contributed by atoms with Crippen molar-refractivity contribution in [1.82, 2.24) is 14.8 Å². The average molecular weight is 207 g/mol. The zero-order valence-corrected chi connectivity index (χ0v) is 7.73. The minimum Gasteiger partial charge on any atom is -0.508 e. The first kappa shape index (κ1) is 9.32. The number of rotatable bonds is 2. The van der Waals surface area contributed by atoms with Crippen molar-refractivity contribution >= 4 is 0 Å². The van der Waals surface area contributed by atoms with Gasteiger partial charge in [-0.3, -0.25) is 0 Å².